The van der Waals surface area contributed by atoms with E-state index in [9.17, 15) is 0 Å². The van der Waals surface area contributed by atoms with Crippen LogP contribution in [0.15, 0.2) is 72.8 Å². The summed E-state index contributed by atoms with van der Waals surface area (Å²) in [6.45, 7) is 0.980. The molecule has 0 amide bonds. The summed E-state index contributed by atoms with van der Waals surface area (Å²) in [7, 11) is -0.360. The molecule has 0 aliphatic heterocycles. The van der Waals surface area contributed by atoms with Crippen molar-refractivity contribution in [1.82, 2.24) is 10.3 Å². The van der Waals surface area contributed by atoms with Gasteiger partial charge in [0.15, 0.2) is 0 Å². The number of nitrogens with one attached hydrogen (secondary N) is 1. The van der Waals surface area contributed by atoms with E-state index in [1.807, 2.05) is 6.07 Å². The molecule has 1 N–H and O–H groups in total. The zero-order chi connectivity index (χ0) is 18.5. The van der Waals surface area contributed by atoms with E-state index in [-0.39, 0.29) is 7.92 Å². The molecule has 1 aliphatic carbocycles. The Labute approximate surface area is 167 Å². The van der Waals surface area contributed by atoms with E-state index in [1.54, 1.807) is 0 Å². The quantitative estimate of drug-likeness (QED) is 0.478. The Hall–Kier alpha value is -1.73. The number of benzene rings is 2. The van der Waals surface area contributed by atoms with Gasteiger partial charge >= 0.3 is 0 Å². The van der Waals surface area contributed by atoms with E-state index in [0.717, 1.165) is 31.2 Å². The van der Waals surface area contributed by atoms with Crippen LogP contribution in [0.4, 0.5) is 0 Å². The maximum atomic E-state index is 6.15. The van der Waals surface area contributed by atoms with E-state index >= 15 is 0 Å². The van der Waals surface area contributed by atoms with Crippen molar-refractivity contribution < 1.29 is 0 Å². The second-order valence-electron chi connectivity index (χ2n) is 6.90. The highest BCUT2D eigenvalue weighted by atomic mass is 35.5. The monoisotopic (exact) mass is 394 g/mol. The van der Waals surface area contributed by atoms with Gasteiger partial charge in [-0.2, -0.15) is 0 Å². The van der Waals surface area contributed by atoms with Gasteiger partial charge in [0.2, 0.25) is 0 Å². The van der Waals surface area contributed by atoms with Crippen LogP contribution in [-0.4, -0.2) is 17.7 Å². The van der Waals surface area contributed by atoms with Crippen molar-refractivity contribution in [2.24, 2.45) is 0 Å². The van der Waals surface area contributed by atoms with Crippen LogP contribution in [0.1, 0.15) is 30.1 Å². The van der Waals surface area contributed by atoms with Gasteiger partial charge in [0.05, 0.1) is 5.69 Å². The minimum Gasteiger partial charge on any atom is -0.308 e. The summed E-state index contributed by atoms with van der Waals surface area (Å²) < 4.78 is 0. The van der Waals surface area contributed by atoms with Gasteiger partial charge in [0.25, 0.3) is 0 Å². The number of hydrogen-bond acceptors (Lipinski definition) is 2. The first-order valence-electron chi connectivity index (χ1n) is 9.57. The SMILES string of the molecule is Clc1ccc2c(n1)C(NCCP(c1ccccc1)c1ccccc1)CCC2. The van der Waals surface area contributed by atoms with E-state index in [2.05, 4.69) is 77.0 Å². The number of rotatable bonds is 6. The van der Waals surface area contributed by atoms with Crippen molar-refractivity contribution in [1.29, 1.82) is 0 Å². The zero-order valence-electron chi connectivity index (χ0n) is 15.3. The van der Waals surface area contributed by atoms with Gasteiger partial charge in [-0.3, -0.25) is 0 Å². The number of halogens is 1. The lowest BCUT2D eigenvalue weighted by atomic mass is 9.92. The van der Waals surface area contributed by atoms with Crippen molar-refractivity contribution in [2.75, 3.05) is 12.7 Å². The predicted molar refractivity (Wildman–Crippen MR) is 117 cm³/mol. The van der Waals surface area contributed by atoms with Gasteiger partial charge in [0.1, 0.15) is 5.15 Å². The van der Waals surface area contributed by atoms with Gasteiger partial charge in [-0.05, 0) is 55.6 Å². The lowest BCUT2D eigenvalue weighted by molar-refractivity contribution is 0.461. The van der Waals surface area contributed by atoms with Gasteiger partial charge in [-0.15, -0.1) is 0 Å². The minimum absolute atomic E-state index is 0.316. The third kappa shape index (κ3) is 4.58. The molecule has 2 nitrogen and oxygen atoms in total. The minimum atomic E-state index is -0.360. The Kier molecular flexibility index (Phi) is 6.19. The smallest absolute Gasteiger partial charge is 0.129 e. The largest absolute Gasteiger partial charge is 0.308 e. The Morgan fingerprint density at radius 3 is 2.26 bits per heavy atom. The van der Waals surface area contributed by atoms with E-state index in [1.165, 1.54) is 22.6 Å². The molecule has 3 aromatic rings. The normalized spacial score (nSPS) is 16.3. The summed E-state index contributed by atoms with van der Waals surface area (Å²) in [5.74, 6) is 0. The zero-order valence-corrected chi connectivity index (χ0v) is 17.0. The van der Waals surface area contributed by atoms with Gasteiger partial charge < -0.3 is 5.32 Å². The van der Waals surface area contributed by atoms with Crippen LogP contribution in [0.2, 0.25) is 5.15 Å². The van der Waals surface area contributed by atoms with Crippen LogP contribution in [0.25, 0.3) is 0 Å². The van der Waals surface area contributed by atoms with Crippen molar-refractivity contribution in [3.63, 3.8) is 0 Å². The van der Waals surface area contributed by atoms with Crippen LogP contribution >= 0.6 is 19.5 Å². The molecule has 138 valence electrons. The third-order valence-corrected chi connectivity index (χ3v) is 7.83. The number of fused-ring (bicyclic) bond motifs is 1. The van der Waals surface area contributed by atoms with Crippen LogP contribution in [0.5, 0.6) is 0 Å². The summed E-state index contributed by atoms with van der Waals surface area (Å²) in [5.41, 5.74) is 2.49. The topological polar surface area (TPSA) is 24.9 Å². The summed E-state index contributed by atoms with van der Waals surface area (Å²) in [5, 5.41) is 7.24. The fourth-order valence-corrected chi connectivity index (χ4v) is 6.18. The highest BCUT2D eigenvalue weighted by Crippen LogP contribution is 2.34. The van der Waals surface area contributed by atoms with Gasteiger partial charge in [0, 0.05) is 12.6 Å². The lowest BCUT2D eigenvalue weighted by Crippen LogP contribution is -2.30. The molecule has 27 heavy (non-hydrogen) atoms. The van der Waals surface area contributed by atoms with Crippen molar-refractivity contribution in [3.8, 4) is 0 Å². The van der Waals surface area contributed by atoms with E-state index in [0.29, 0.717) is 11.2 Å². The van der Waals surface area contributed by atoms with Crippen molar-refractivity contribution in [3.05, 3.63) is 89.2 Å². The average Bonchev–Trinajstić information content (AvgIpc) is 2.73. The molecule has 4 rings (SSSR count). The highest BCUT2D eigenvalue weighted by Gasteiger charge is 2.22. The van der Waals surface area contributed by atoms with Crippen molar-refractivity contribution >= 4 is 30.1 Å². The molecule has 0 saturated heterocycles. The first kappa shape index (κ1) is 18.6. The maximum absolute atomic E-state index is 6.15. The Morgan fingerprint density at radius 2 is 1.59 bits per heavy atom. The number of aryl methyl sites for hydroxylation is 1. The summed E-state index contributed by atoms with van der Waals surface area (Å²) in [6, 6.07) is 26.2. The van der Waals surface area contributed by atoms with Crippen LogP contribution in [-0.2, 0) is 6.42 Å². The molecule has 1 heterocycles. The summed E-state index contributed by atoms with van der Waals surface area (Å²) in [6.07, 6.45) is 4.57. The summed E-state index contributed by atoms with van der Waals surface area (Å²) >= 11 is 6.15. The molecule has 4 heteroatoms. The second kappa shape index (κ2) is 8.97. The number of aromatic nitrogens is 1. The Balaban J connectivity index is 1.48. The molecule has 1 atom stereocenters. The lowest BCUT2D eigenvalue weighted by Gasteiger charge is -2.27. The molecule has 0 saturated carbocycles. The second-order valence-corrected chi connectivity index (χ2v) is 9.62. The van der Waals surface area contributed by atoms with Crippen LogP contribution in [0.3, 0.4) is 0 Å². The number of hydrogen-bond donors (Lipinski definition) is 1. The molecule has 0 bridgehead atoms. The standard InChI is InChI=1S/C23H24ClN2P/c24-22-15-14-18-8-7-13-21(23(18)26-22)25-16-17-27(19-9-3-1-4-10-19)20-11-5-2-6-12-20/h1-6,9-12,14-15,21,25H,7-8,13,16-17H2. The molecule has 1 aliphatic rings. The molecule has 0 fully saturated rings. The predicted octanol–water partition coefficient (Wildman–Crippen LogP) is 4.83. The van der Waals surface area contributed by atoms with Gasteiger partial charge in [-0.1, -0.05) is 78.3 Å². The van der Waals surface area contributed by atoms with E-state index in [4.69, 9.17) is 11.6 Å². The number of nitrogens with zero attached hydrogens (tertiary/aromatic N) is 1. The molecule has 2 aromatic carbocycles. The van der Waals surface area contributed by atoms with E-state index < -0.39 is 0 Å². The molecule has 0 radical (unpaired) electrons. The fourth-order valence-electron chi connectivity index (χ4n) is 3.80. The highest BCUT2D eigenvalue weighted by molar-refractivity contribution is 7.73. The Bertz CT molecular complexity index is 831. The summed E-state index contributed by atoms with van der Waals surface area (Å²) in [4.78, 5) is 4.62. The number of pyridine rings is 1. The molecule has 1 aromatic heterocycles. The van der Waals surface area contributed by atoms with Gasteiger partial charge in [-0.25, -0.2) is 4.98 Å². The van der Waals surface area contributed by atoms with Crippen LogP contribution < -0.4 is 15.9 Å². The molecular formula is C23H24ClN2P. The average molecular weight is 395 g/mol. The van der Waals surface area contributed by atoms with Crippen LogP contribution in [0, 0.1) is 0 Å². The first-order chi connectivity index (χ1) is 13.3. The maximum Gasteiger partial charge on any atom is 0.129 e. The fraction of sp³-hybridized carbons (Fsp3) is 0.261. The Morgan fingerprint density at radius 1 is 0.926 bits per heavy atom. The molecule has 1 unspecified atom stereocenters. The third-order valence-electron chi connectivity index (χ3n) is 5.11. The first-order valence-corrected chi connectivity index (χ1v) is 11.5. The molecule has 0 spiro atoms. The van der Waals surface area contributed by atoms with Crippen molar-refractivity contribution in [2.45, 2.75) is 25.3 Å². The molecular weight excluding hydrogens is 371 g/mol.